The summed E-state index contributed by atoms with van der Waals surface area (Å²) in [5.41, 5.74) is 3.08. The van der Waals surface area contributed by atoms with Crippen molar-refractivity contribution in [1.29, 1.82) is 0 Å². The first-order chi connectivity index (χ1) is 12.9. The van der Waals surface area contributed by atoms with Gasteiger partial charge in [-0.3, -0.25) is 4.79 Å². The molecule has 0 saturated heterocycles. The zero-order valence-corrected chi connectivity index (χ0v) is 17.2. The molecule has 1 unspecified atom stereocenters. The average molecular weight is 405 g/mol. The van der Waals surface area contributed by atoms with Gasteiger partial charge in [0.15, 0.2) is 0 Å². The topological polar surface area (TPSA) is 72.5 Å². The van der Waals surface area contributed by atoms with Crippen LogP contribution >= 0.6 is 9.24 Å². The predicted octanol–water partition coefficient (Wildman–Crippen LogP) is 2.43. The number of carbonyl (C=O) groups excluding carboxylic acids is 1. The predicted molar refractivity (Wildman–Crippen MR) is 112 cm³/mol. The van der Waals surface area contributed by atoms with Gasteiger partial charge in [0.2, 0.25) is 10.0 Å². The highest BCUT2D eigenvalue weighted by Crippen LogP contribution is 2.13. The van der Waals surface area contributed by atoms with Crippen LogP contribution in [0.4, 0.5) is 0 Å². The maximum Gasteiger partial charge on any atom is 0.306 e. The van der Waals surface area contributed by atoms with E-state index in [0.29, 0.717) is 6.42 Å². The standard InChI is InChI=1S/C20H24NO4PS/c1-25-20(22)13-14-27(23,24)21-15-18-17(11-6-12-19(18)26)10-5-9-16-7-3-2-4-8-16/h2-9,11-12,21H,10,13-15,26H2,1H3/b9-5+. The zero-order valence-electron chi connectivity index (χ0n) is 15.2. The molecule has 0 aliphatic heterocycles. The molecule has 2 aromatic carbocycles. The molecule has 0 amide bonds. The number of carbonyl (C=O) groups is 1. The first-order valence-electron chi connectivity index (χ1n) is 8.53. The Hall–Kier alpha value is -2.01. The van der Waals surface area contributed by atoms with Crippen LogP contribution in [0.3, 0.4) is 0 Å². The van der Waals surface area contributed by atoms with E-state index in [1.54, 1.807) is 0 Å². The van der Waals surface area contributed by atoms with E-state index in [2.05, 4.69) is 24.8 Å². The highest BCUT2D eigenvalue weighted by Gasteiger charge is 2.15. The molecule has 27 heavy (non-hydrogen) atoms. The summed E-state index contributed by atoms with van der Waals surface area (Å²) in [5, 5.41) is 0.941. The SMILES string of the molecule is COC(=O)CCS(=O)(=O)NCc1c(P)cccc1C/C=C/c1ccccc1. The summed E-state index contributed by atoms with van der Waals surface area (Å²) >= 11 is 0. The number of sulfonamides is 1. The van der Waals surface area contributed by atoms with Crippen molar-refractivity contribution >= 4 is 36.6 Å². The number of benzene rings is 2. The van der Waals surface area contributed by atoms with Crippen molar-refractivity contribution in [2.45, 2.75) is 19.4 Å². The molecular formula is C20H24NO4PS. The van der Waals surface area contributed by atoms with Gasteiger partial charge in [-0.05, 0) is 28.4 Å². The Kier molecular flexibility index (Phi) is 8.17. The van der Waals surface area contributed by atoms with Gasteiger partial charge in [-0.15, -0.1) is 9.24 Å². The number of allylic oxidation sites excluding steroid dienone is 1. The highest BCUT2D eigenvalue weighted by atomic mass is 32.2. The van der Waals surface area contributed by atoms with Crippen LogP contribution in [0.2, 0.25) is 0 Å². The molecule has 7 heteroatoms. The van der Waals surface area contributed by atoms with Crippen molar-refractivity contribution in [3.8, 4) is 0 Å². The molecule has 0 bridgehead atoms. The van der Waals surface area contributed by atoms with Crippen molar-refractivity contribution in [2.75, 3.05) is 12.9 Å². The summed E-state index contributed by atoms with van der Waals surface area (Å²) in [7, 11) is 0.320. The Bertz CT molecular complexity index is 895. The number of esters is 1. The van der Waals surface area contributed by atoms with Gasteiger partial charge in [-0.1, -0.05) is 60.7 Å². The Labute approximate surface area is 163 Å². The normalized spacial score (nSPS) is 11.6. The van der Waals surface area contributed by atoms with Gasteiger partial charge in [0.05, 0.1) is 19.3 Å². The molecule has 0 heterocycles. The minimum absolute atomic E-state index is 0.166. The summed E-state index contributed by atoms with van der Waals surface area (Å²) < 4.78 is 31.3. The van der Waals surface area contributed by atoms with Crippen LogP contribution in [0.25, 0.3) is 6.08 Å². The van der Waals surface area contributed by atoms with E-state index in [1.807, 2.05) is 54.6 Å². The monoisotopic (exact) mass is 405 g/mol. The fraction of sp³-hybridized carbons (Fsp3) is 0.250. The van der Waals surface area contributed by atoms with Crippen LogP contribution in [-0.4, -0.2) is 27.2 Å². The number of methoxy groups -OCH3 is 1. The third-order valence-corrected chi connectivity index (χ3v) is 5.90. The van der Waals surface area contributed by atoms with Crippen LogP contribution in [0.15, 0.2) is 54.6 Å². The maximum absolute atomic E-state index is 12.1. The second kappa shape index (κ2) is 10.4. The number of hydrogen-bond acceptors (Lipinski definition) is 4. The van der Waals surface area contributed by atoms with Gasteiger partial charge in [0.25, 0.3) is 0 Å². The minimum Gasteiger partial charge on any atom is -0.469 e. The Morgan fingerprint density at radius 2 is 1.89 bits per heavy atom. The van der Waals surface area contributed by atoms with Crippen molar-refractivity contribution in [3.05, 3.63) is 71.3 Å². The van der Waals surface area contributed by atoms with Crippen molar-refractivity contribution in [2.24, 2.45) is 0 Å². The molecule has 0 fully saturated rings. The molecule has 0 spiro atoms. The molecule has 0 aliphatic carbocycles. The van der Waals surface area contributed by atoms with Gasteiger partial charge in [0.1, 0.15) is 0 Å². The third-order valence-electron chi connectivity index (χ3n) is 4.03. The van der Waals surface area contributed by atoms with E-state index in [0.717, 1.165) is 22.0 Å². The van der Waals surface area contributed by atoms with Crippen LogP contribution in [0.1, 0.15) is 23.1 Å². The molecule has 2 aromatic rings. The molecule has 0 aliphatic rings. The zero-order chi connectivity index (χ0) is 19.7. The minimum atomic E-state index is -3.56. The largest absolute Gasteiger partial charge is 0.469 e. The fourth-order valence-corrected chi connectivity index (χ4v) is 3.86. The summed E-state index contributed by atoms with van der Waals surface area (Å²) in [6.45, 7) is 0.178. The average Bonchev–Trinajstić information content (AvgIpc) is 2.66. The lowest BCUT2D eigenvalue weighted by Gasteiger charge is -2.13. The van der Waals surface area contributed by atoms with Gasteiger partial charge >= 0.3 is 5.97 Å². The molecule has 2 rings (SSSR count). The third kappa shape index (κ3) is 7.25. The Balaban J connectivity index is 2.04. The van der Waals surface area contributed by atoms with Crippen LogP contribution in [0, 0.1) is 0 Å². The second-order valence-corrected chi connectivity index (χ2v) is 8.52. The number of hydrogen-bond donors (Lipinski definition) is 1. The van der Waals surface area contributed by atoms with E-state index in [4.69, 9.17) is 0 Å². The summed E-state index contributed by atoms with van der Waals surface area (Å²) in [4.78, 5) is 11.2. The quantitative estimate of drug-likeness (QED) is 0.514. The highest BCUT2D eigenvalue weighted by molar-refractivity contribution is 7.89. The molecule has 144 valence electrons. The summed E-state index contributed by atoms with van der Waals surface area (Å²) in [6, 6.07) is 15.9. The lowest BCUT2D eigenvalue weighted by atomic mass is 10.0. The van der Waals surface area contributed by atoms with Crippen molar-refractivity contribution in [3.63, 3.8) is 0 Å². The van der Waals surface area contributed by atoms with Gasteiger partial charge in [-0.25, -0.2) is 13.1 Å². The molecule has 5 nitrogen and oxygen atoms in total. The van der Waals surface area contributed by atoms with Crippen molar-refractivity contribution in [1.82, 2.24) is 4.72 Å². The van der Waals surface area contributed by atoms with Gasteiger partial charge < -0.3 is 4.74 Å². The lowest BCUT2D eigenvalue weighted by Crippen LogP contribution is -2.29. The van der Waals surface area contributed by atoms with E-state index < -0.39 is 16.0 Å². The van der Waals surface area contributed by atoms with Crippen LogP contribution < -0.4 is 10.0 Å². The smallest absolute Gasteiger partial charge is 0.306 e. The first-order valence-corrected chi connectivity index (χ1v) is 10.8. The van der Waals surface area contributed by atoms with E-state index in [-0.39, 0.29) is 18.7 Å². The number of rotatable bonds is 9. The van der Waals surface area contributed by atoms with E-state index in [1.165, 1.54) is 7.11 Å². The number of nitrogens with one attached hydrogen (secondary N) is 1. The van der Waals surface area contributed by atoms with Gasteiger partial charge in [0, 0.05) is 6.54 Å². The second-order valence-electron chi connectivity index (χ2n) is 5.97. The van der Waals surface area contributed by atoms with Gasteiger partial charge in [-0.2, -0.15) is 0 Å². The maximum atomic E-state index is 12.1. The Morgan fingerprint density at radius 3 is 2.59 bits per heavy atom. The number of ether oxygens (including phenoxy) is 1. The molecule has 0 saturated carbocycles. The summed E-state index contributed by atoms with van der Waals surface area (Å²) in [6.07, 6.45) is 4.63. The Morgan fingerprint density at radius 1 is 1.15 bits per heavy atom. The van der Waals surface area contributed by atoms with E-state index >= 15 is 0 Å². The fourth-order valence-electron chi connectivity index (χ4n) is 2.52. The molecule has 0 aromatic heterocycles. The first kappa shape index (κ1) is 21.3. The van der Waals surface area contributed by atoms with Crippen molar-refractivity contribution < 1.29 is 17.9 Å². The lowest BCUT2D eigenvalue weighted by molar-refractivity contribution is -0.140. The van der Waals surface area contributed by atoms with Crippen LogP contribution in [0.5, 0.6) is 0 Å². The molecule has 1 atom stereocenters. The molecular weight excluding hydrogens is 381 g/mol. The molecule has 1 N–H and O–H groups in total. The molecule has 0 radical (unpaired) electrons. The van der Waals surface area contributed by atoms with E-state index in [9.17, 15) is 13.2 Å². The summed E-state index contributed by atoms with van der Waals surface area (Å²) in [5.74, 6) is -0.833. The van der Waals surface area contributed by atoms with Crippen LogP contribution in [-0.2, 0) is 32.5 Å².